The first kappa shape index (κ1) is 19.0. The van der Waals surface area contributed by atoms with Crippen LogP contribution in [0.3, 0.4) is 0 Å². The van der Waals surface area contributed by atoms with Gasteiger partial charge in [-0.25, -0.2) is 4.98 Å². The molecule has 0 aliphatic rings. The molecule has 2 aromatic rings. The second-order valence-electron chi connectivity index (χ2n) is 6.54. The summed E-state index contributed by atoms with van der Waals surface area (Å²) in [4.78, 5) is 16.6. The molecule has 1 heterocycles. The quantitative estimate of drug-likeness (QED) is 0.796. The molecular weight excluding hydrogens is 336 g/mol. The lowest BCUT2D eigenvalue weighted by molar-refractivity contribution is -0.116. The van der Waals surface area contributed by atoms with Crippen molar-refractivity contribution < 1.29 is 14.3 Å². The molecule has 0 bridgehead atoms. The fourth-order valence-corrected chi connectivity index (χ4v) is 3.05. The third-order valence-electron chi connectivity index (χ3n) is 3.57. The van der Waals surface area contributed by atoms with Crippen molar-refractivity contribution in [3.05, 3.63) is 45.9 Å². The number of carbonyl (C=O) groups is 1. The molecular formula is C19H24N2O3S. The Hall–Kier alpha value is -2.34. The predicted molar refractivity (Wildman–Crippen MR) is 101 cm³/mol. The Bertz CT molecular complexity index is 760. The van der Waals surface area contributed by atoms with Crippen LogP contribution in [0.4, 0.5) is 0 Å². The Balaban J connectivity index is 1.94. The number of rotatable bonds is 6. The van der Waals surface area contributed by atoms with E-state index in [0.717, 1.165) is 16.3 Å². The third kappa shape index (κ3) is 5.32. The summed E-state index contributed by atoms with van der Waals surface area (Å²) in [5, 5.41) is 5.79. The monoisotopic (exact) mass is 360 g/mol. The number of aromatic nitrogens is 1. The maximum absolute atomic E-state index is 12.0. The van der Waals surface area contributed by atoms with Gasteiger partial charge in [0, 0.05) is 16.9 Å². The third-order valence-corrected chi connectivity index (χ3v) is 4.42. The van der Waals surface area contributed by atoms with Gasteiger partial charge in [0.05, 0.1) is 26.5 Å². The highest BCUT2D eigenvalue weighted by atomic mass is 32.1. The summed E-state index contributed by atoms with van der Waals surface area (Å²) < 4.78 is 10.4. The van der Waals surface area contributed by atoms with Crippen molar-refractivity contribution >= 4 is 23.3 Å². The molecule has 0 saturated carbocycles. The van der Waals surface area contributed by atoms with Gasteiger partial charge in [-0.05, 0) is 23.8 Å². The van der Waals surface area contributed by atoms with Gasteiger partial charge in [0.15, 0.2) is 11.5 Å². The Kier molecular flexibility index (Phi) is 6.20. The second kappa shape index (κ2) is 8.16. The molecule has 0 fully saturated rings. The maximum Gasteiger partial charge on any atom is 0.244 e. The Morgan fingerprint density at radius 2 is 1.96 bits per heavy atom. The summed E-state index contributed by atoms with van der Waals surface area (Å²) in [5.74, 6) is 1.12. The number of hydrogen-bond donors (Lipinski definition) is 1. The van der Waals surface area contributed by atoms with Gasteiger partial charge in [0.25, 0.3) is 0 Å². The average molecular weight is 360 g/mol. The smallest absolute Gasteiger partial charge is 0.244 e. The van der Waals surface area contributed by atoms with Gasteiger partial charge in [-0.3, -0.25) is 4.79 Å². The number of hydrogen-bond acceptors (Lipinski definition) is 5. The summed E-state index contributed by atoms with van der Waals surface area (Å²) in [6.07, 6.45) is 3.24. The fourth-order valence-electron chi connectivity index (χ4n) is 2.09. The lowest BCUT2D eigenvalue weighted by Crippen LogP contribution is -2.20. The molecule has 0 spiro atoms. The molecule has 1 N–H and O–H groups in total. The molecule has 1 aromatic carbocycles. The number of methoxy groups -OCH3 is 2. The Labute approximate surface area is 152 Å². The van der Waals surface area contributed by atoms with Gasteiger partial charge in [-0.2, -0.15) is 0 Å². The van der Waals surface area contributed by atoms with Crippen LogP contribution in [0.1, 0.15) is 37.0 Å². The molecule has 0 atom stereocenters. The van der Waals surface area contributed by atoms with Crippen LogP contribution in [0.5, 0.6) is 11.5 Å². The molecule has 0 aliphatic heterocycles. The first-order chi connectivity index (χ1) is 11.8. The summed E-state index contributed by atoms with van der Waals surface area (Å²) >= 11 is 1.56. The van der Waals surface area contributed by atoms with Crippen LogP contribution in [0, 0.1) is 0 Å². The van der Waals surface area contributed by atoms with Crippen molar-refractivity contribution in [1.82, 2.24) is 10.3 Å². The largest absolute Gasteiger partial charge is 0.493 e. The molecule has 1 amide bonds. The van der Waals surface area contributed by atoms with Crippen molar-refractivity contribution in [3.8, 4) is 11.5 Å². The molecule has 25 heavy (non-hydrogen) atoms. The lowest BCUT2D eigenvalue weighted by atomic mass is 9.93. The zero-order valence-electron chi connectivity index (χ0n) is 15.3. The molecule has 0 unspecified atom stereocenters. The van der Waals surface area contributed by atoms with E-state index >= 15 is 0 Å². The average Bonchev–Trinajstić information content (AvgIpc) is 3.07. The van der Waals surface area contributed by atoms with Crippen LogP contribution in [0.2, 0.25) is 0 Å². The summed E-state index contributed by atoms with van der Waals surface area (Å²) in [6.45, 7) is 6.79. The summed E-state index contributed by atoms with van der Waals surface area (Å²) in [6, 6.07) is 5.49. The first-order valence-corrected chi connectivity index (χ1v) is 8.84. The predicted octanol–water partition coefficient (Wildman–Crippen LogP) is 3.79. The van der Waals surface area contributed by atoms with E-state index in [0.29, 0.717) is 18.0 Å². The van der Waals surface area contributed by atoms with E-state index in [1.807, 2.05) is 17.5 Å². The van der Waals surface area contributed by atoms with E-state index < -0.39 is 0 Å². The summed E-state index contributed by atoms with van der Waals surface area (Å²) in [7, 11) is 3.17. The Morgan fingerprint density at radius 1 is 1.24 bits per heavy atom. The van der Waals surface area contributed by atoms with E-state index in [9.17, 15) is 4.79 Å². The van der Waals surface area contributed by atoms with Gasteiger partial charge in [-0.1, -0.05) is 26.8 Å². The van der Waals surface area contributed by atoms with E-state index in [4.69, 9.17) is 9.47 Å². The minimum absolute atomic E-state index is 0.0199. The molecule has 0 saturated heterocycles. The number of carbonyl (C=O) groups excluding carboxylic acids is 1. The van der Waals surface area contributed by atoms with Crippen molar-refractivity contribution in [2.75, 3.05) is 14.2 Å². The van der Waals surface area contributed by atoms with Crippen LogP contribution < -0.4 is 14.8 Å². The number of nitrogens with one attached hydrogen (secondary N) is 1. The van der Waals surface area contributed by atoms with Gasteiger partial charge in [-0.15, -0.1) is 11.3 Å². The van der Waals surface area contributed by atoms with Gasteiger partial charge >= 0.3 is 0 Å². The molecule has 134 valence electrons. The van der Waals surface area contributed by atoms with E-state index in [2.05, 4.69) is 31.1 Å². The van der Waals surface area contributed by atoms with Crippen molar-refractivity contribution in [1.29, 1.82) is 0 Å². The fraction of sp³-hybridized carbons (Fsp3) is 0.368. The van der Waals surface area contributed by atoms with Crippen molar-refractivity contribution in [3.63, 3.8) is 0 Å². The number of nitrogens with zero attached hydrogens (tertiary/aromatic N) is 1. The van der Waals surface area contributed by atoms with Crippen LogP contribution in [0.15, 0.2) is 29.7 Å². The molecule has 5 nitrogen and oxygen atoms in total. The highest BCUT2D eigenvalue weighted by Crippen LogP contribution is 2.28. The zero-order chi connectivity index (χ0) is 18.4. The summed E-state index contributed by atoms with van der Waals surface area (Å²) in [5.41, 5.74) is 1.92. The van der Waals surface area contributed by atoms with E-state index in [1.165, 1.54) is 6.08 Å². The highest BCUT2D eigenvalue weighted by molar-refractivity contribution is 7.09. The maximum atomic E-state index is 12.0. The SMILES string of the molecule is COc1ccc(C=CC(=O)NCc2nc(C(C)(C)C)cs2)cc1OC. The lowest BCUT2D eigenvalue weighted by Gasteiger charge is -2.14. The van der Waals surface area contributed by atoms with E-state index in [-0.39, 0.29) is 11.3 Å². The van der Waals surface area contributed by atoms with Crippen molar-refractivity contribution in [2.45, 2.75) is 32.7 Å². The number of amides is 1. The van der Waals surface area contributed by atoms with Crippen LogP contribution in [-0.2, 0) is 16.8 Å². The van der Waals surface area contributed by atoms with Crippen LogP contribution >= 0.6 is 11.3 Å². The van der Waals surface area contributed by atoms with Crippen molar-refractivity contribution in [2.24, 2.45) is 0 Å². The normalized spacial score (nSPS) is 11.6. The molecule has 2 rings (SSSR count). The van der Waals surface area contributed by atoms with Crippen LogP contribution in [0.25, 0.3) is 6.08 Å². The molecule has 0 aliphatic carbocycles. The van der Waals surface area contributed by atoms with Gasteiger partial charge in [0.1, 0.15) is 5.01 Å². The molecule has 1 aromatic heterocycles. The zero-order valence-corrected chi connectivity index (χ0v) is 16.1. The van der Waals surface area contributed by atoms with Gasteiger partial charge in [0.2, 0.25) is 5.91 Å². The second-order valence-corrected chi connectivity index (χ2v) is 7.48. The molecule has 6 heteroatoms. The molecule has 0 radical (unpaired) electrons. The Morgan fingerprint density at radius 3 is 2.56 bits per heavy atom. The minimum atomic E-state index is -0.165. The topological polar surface area (TPSA) is 60.5 Å². The number of ether oxygens (including phenoxy) is 2. The number of thiazole rings is 1. The number of benzene rings is 1. The van der Waals surface area contributed by atoms with E-state index in [1.54, 1.807) is 37.7 Å². The van der Waals surface area contributed by atoms with Crippen LogP contribution in [-0.4, -0.2) is 25.1 Å². The highest BCUT2D eigenvalue weighted by Gasteiger charge is 2.17. The van der Waals surface area contributed by atoms with Gasteiger partial charge < -0.3 is 14.8 Å². The first-order valence-electron chi connectivity index (χ1n) is 7.96. The minimum Gasteiger partial charge on any atom is -0.493 e. The standard InChI is InChI=1S/C19H24N2O3S/c1-19(2,3)16-12-25-18(21-16)11-20-17(22)9-7-13-6-8-14(23-4)15(10-13)24-5/h6-10,12H,11H2,1-5H3,(H,20,22).